The van der Waals surface area contributed by atoms with Gasteiger partial charge in [0.1, 0.15) is 5.69 Å². The zero-order valence-electron chi connectivity index (χ0n) is 15.1. The Bertz CT molecular complexity index is 1130. The molecule has 0 aliphatic carbocycles. The van der Waals surface area contributed by atoms with Gasteiger partial charge in [-0.2, -0.15) is 18.3 Å². The topological polar surface area (TPSA) is 88.9 Å². The van der Waals surface area contributed by atoms with Crippen molar-refractivity contribution in [3.63, 3.8) is 0 Å². The smallest absolute Gasteiger partial charge is 0.355 e. The summed E-state index contributed by atoms with van der Waals surface area (Å²) in [6.07, 6.45) is -3.52. The molecule has 7 nitrogen and oxygen atoms in total. The van der Waals surface area contributed by atoms with Gasteiger partial charge >= 0.3 is 6.18 Å². The molecule has 0 saturated heterocycles. The summed E-state index contributed by atoms with van der Waals surface area (Å²) < 4.78 is 40.3. The van der Waals surface area contributed by atoms with Gasteiger partial charge in [-0.15, -0.1) is 0 Å². The Hall–Kier alpha value is -3.11. The number of nitrogens with one attached hydrogen (secondary N) is 2. The van der Waals surface area contributed by atoms with Gasteiger partial charge < -0.3 is 10.6 Å². The van der Waals surface area contributed by atoms with Crippen molar-refractivity contribution >= 4 is 40.7 Å². The quantitative estimate of drug-likeness (QED) is 0.614. The van der Waals surface area contributed by atoms with Crippen LogP contribution in [0.1, 0.15) is 26.5 Å². The number of amides is 2. The van der Waals surface area contributed by atoms with Crippen LogP contribution < -0.4 is 10.6 Å². The molecule has 2 N–H and O–H groups in total. The van der Waals surface area contributed by atoms with E-state index in [0.717, 1.165) is 0 Å². The van der Waals surface area contributed by atoms with Crippen LogP contribution in [0.4, 0.5) is 18.9 Å². The van der Waals surface area contributed by atoms with E-state index in [2.05, 4.69) is 20.7 Å². The van der Waals surface area contributed by atoms with Crippen molar-refractivity contribution in [1.29, 1.82) is 0 Å². The zero-order valence-corrected chi connectivity index (χ0v) is 16.6. The number of anilines is 1. The summed E-state index contributed by atoms with van der Waals surface area (Å²) in [5.41, 5.74) is -1.73. The Morgan fingerprint density at radius 1 is 1.10 bits per heavy atom. The fraction of sp³-hybridized carbons (Fsp3) is 0.111. The molecule has 0 fully saturated rings. The lowest BCUT2D eigenvalue weighted by atomic mass is 10.1. The first-order chi connectivity index (χ1) is 14.1. The van der Waals surface area contributed by atoms with Crippen LogP contribution >= 0.6 is 23.2 Å². The molecule has 12 heteroatoms. The second-order valence-corrected chi connectivity index (χ2v) is 6.70. The normalized spacial score (nSPS) is 11.3. The minimum absolute atomic E-state index is 0.0130. The molecule has 3 aromatic rings. The van der Waals surface area contributed by atoms with Crippen molar-refractivity contribution in [2.45, 2.75) is 6.18 Å². The van der Waals surface area contributed by atoms with Crippen molar-refractivity contribution in [2.24, 2.45) is 0 Å². The number of hydrogen-bond donors (Lipinski definition) is 2. The van der Waals surface area contributed by atoms with Gasteiger partial charge in [-0.05, 0) is 30.3 Å². The van der Waals surface area contributed by atoms with Gasteiger partial charge in [0.05, 0.1) is 16.3 Å². The summed E-state index contributed by atoms with van der Waals surface area (Å²) in [6.45, 7) is 0. The third-order valence-electron chi connectivity index (χ3n) is 3.87. The molecule has 1 aromatic carbocycles. The monoisotopic (exact) mass is 457 g/mol. The maximum atomic E-state index is 13.2. The lowest BCUT2D eigenvalue weighted by molar-refractivity contribution is -0.141. The highest BCUT2D eigenvalue weighted by molar-refractivity contribution is 6.32. The molecule has 0 radical (unpaired) electrons. The summed E-state index contributed by atoms with van der Waals surface area (Å²) in [7, 11) is 1.38. The molecule has 30 heavy (non-hydrogen) atoms. The molecule has 156 valence electrons. The van der Waals surface area contributed by atoms with E-state index in [9.17, 15) is 22.8 Å². The fourth-order valence-corrected chi connectivity index (χ4v) is 2.88. The standard InChI is InChI=1S/C18H12Cl2F3N5O2/c1-24-16(29)10-7-9(19)4-5-12(10)26-17(30)13-8-14(18(21,22)23)27-28(13)15-11(20)3-2-6-25-15/h2-8H,1H3,(H,24,29)(H,26,30). The third-order valence-corrected chi connectivity index (χ3v) is 4.40. The highest BCUT2D eigenvalue weighted by Crippen LogP contribution is 2.31. The van der Waals surface area contributed by atoms with Crippen LogP contribution in [0, 0.1) is 0 Å². The Balaban J connectivity index is 2.08. The molecule has 2 aromatic heterocycles. The van der Waals surface area contributed by atoms with Gasteiger partial charge in [0.15, 0.2) is 11.5 Å². The molecule has 0 aliphatic heterocycles. The molecule has 2 amide bonds. The second kappa shape index (κ2) is 8.33. The first-order valence-corrected chi connectivity index (χ1v) is 8.98. The third kappa shape index (κ3) is 4.39. The molecule has 0 aliphatic rings. The van der Waals surface area contributed by atoms with E-state index in [-0.39, 0.29) is 27.1 Å². The Morgan fingerprint density at radius 3 is 2.47 bits per heavy atom. The highest BCUT2D eigenvalue weighted by Gasteiger charge is 2.36. The molecule has 0 saturated carbocycles. The maximum absolute atomic E-state index is 13.2. The van der Waals surface area contributed by atoms with E-state index in [1.54, 1.807) is 0 Å². The van der Waals surface area contributed by atoms with Gasteiger partial charge in [0.2, 0.25) is 0 Å². The van der Waals surface area contributed by atoms with Gasteiger partial charge in [-0.3, -0.25) is 9.59 Å². The molecule has 0 atom stereocenters. The molecular formula is C18H12Cl2F3N5O2. The molecule has 0 unspecified atom stereocenters. The summed E-state index contributed by atoms with van der Waals surface area (Å²) in [4.78, 5) is 28.8. The number of alkyl halides is 3. The van der Waals surface area contributed by atoms with Crippen LogP contribution in [-0.2, 0) is 6.18 Å². The van der Waals surface area contributed by atoms with Gasteiger partial charge in [-0.25, -0.2) is 9.67 Å². The second-order valence-electron chi connectivity index (χ2n) is 5.86. The van der Waals surface area contributed by atoms with Crippen molar-refractivity contribution < 1.29 is 22.8 Å². The number of rotatable bonds is 4. The van der Waals surface area contributed by atoms with E-state index in [4.69, 9.17) is 23.2 Å². The van der Waals surface area contributed by atoms with E-state index < -0.39 is 29.4 Å². The van der Waals surface area contributed by atoms with E-state index in [1.807, 2.05) is 0 Å². The molecule has 3 rings (SSSR count). The molecule has 2 heterocycles. The van der Waals surface area contributed by atoms with Crippen molar-refractivity contribution in [2.75, 3.05) is 12.4 Å². The lowest BCUT2D eigenvalue weighted by Gasteiger charge is -2.12. The fourth-order valence-electron chi connectivity index (χ4n) is 2.51. The van der Waals surface area contributed by atoms with Crippen LogP contribution in [0.15, 0.2) is 42.6 Å². The predicted molar refractivity (Wildman–Crippen MR) is 104 cm³/mol. The average Bonchev–Trinajstić information content (AvgIpc) is 3.15. The Labute approximate surface area is 177 Å². The van der Waals surface area contributed by atoms with Crippen LogP contribution in [0.2, 0.25) is 10.0 Å². The molecule has 0 bridgehead atoms. The zero-order chi connectivity index (χ0) is 22.1. The van der Waals surface area contributed by atoms with Crippen LogP contribution in [0.3, 0.4) is 0 Å². The summed E-state index contributed by atoms with van der Waals surface area (Å²) in [6, 6.07) is 7.51. The van der Waals surface area contributed by atoms with Gasteiger partial charge in [0.25, 0.3) is 11.8 Å². The number of nitrogens with zero attached hydrogens (tertiary/aromatic N) is 3. The number of hydrogen-bond acceptors (Lipinski definition) is 4. The average molecular weight is 458 g/mol. The SMILES string of the molecule is CNC(=O)c1cc(Cl)ccc1NC(=O)c1cc(C(F)(F)F)nn1-c1ncccc1Cl. The predicted octanol–water partition coefficient (Wildman–Crippen LogP) is 4.20. The molecular weight excluding hydrogens is 446 g/mol. The maximum Gasteiger partial charge on any atom is 0.435 e. The van der Waals surface area contributed by atoms with E-state index in [0.29, 0.717) is 10.7 Å². The Kier molecular flexibility index (Phi) is 5.99. The molecule has 0 spiro atoms. The number of carbonyl (C=O) groups excluding carboxylic acids is 2. The first-order valence-electron chi connectivity index (χ1n) is 8.23. The number of aromatic nitrogens is 3. The minimum Gasteiger partial charge on any atom is -0.355 e. The minimum atomic E-state index is -4.81. The number of pyridine rings is 1. The largest absolute Gasteiger partial charge is 0.435 e. The van der Waals surface area contributed by atoms with Gasteiger partial charge in [0, 0.05) is 24.3 Å². The first kappa shape index (κ1) is 21.6. The van der Waals surface area contributed by atoms with Crippen molar-refractivity contribution in [3.8, 4) is 5.82 Å². The van der Waals surface area contributed by atoms with Crippen LogP contribution in [0.25, 0.3) is 5.82 Å². The van der Waals surface area contributed by atoms with Crippen molar-refractivity contribution in [3.05, 3.63) is 69.6 Å². The van der Waals surface area contributed by atoms with Crippen molar-refractivity contribution in [1.82, 2.24) is 20.1 Å². The van der Waals surface area contributed by atoms with E-state index >= 15 is 0 Å². The summed E-state index contributed by atoms with van der Waals surface area (Å²) in [5.74, 6) is -1.68. The van der Waals surface area contributed by atoms with Crippen LogP contribution in [-0.4, -0.2) is 33.6 Å². The van der Waals surface area contributed by atoms with E-state index in [1.165, 1.54) is 43.6 Å². The lowest BCUT2D eigenvalue weighted by Crippen LogP contribution is -2.23. The number of halogens is 5. The van der Waals surface area contributed by atoms with Crippen LogP contribution in [0.5, 0.6) is 0 Å². The number of carbonyl (C=O) groups is 2. The summed E-state index contributed by atoms with van der Waals surface area (Å²) in [5, 5.41) is 8.46. The van der Waals surface area contributed by atoms with Gasteiger partial charge in [-0.1, -0.05) is 23.2 Å². The highest BCUT2D eigenvalue weighted by atomic mass is 35.5. The Morgan fingerprint density at radius 2 is 1.83 bits per heavy atom. The summed E-state index contributed by atoms with van der Waals surface area (Å²) >= 11 is 11.9. The number of benzene rings is 1.